The van der Waals surface area contributed by atoms with Crippen LogP contribution in [0.5, 0.6) is 0 Å². The van der Waals surface area contributed by atoms with Gasteiger partial charge in [-0.2, -0.15) is 11.3 Å². The number of thiophene rings is 1. The molecule has 0 aliphatic rings. The summed E-state index contributed by atoms with van der Waals surface area (Å²) >= 11 is 1.75. The first kappa shape index (κ1) is 9.31. The summed E-state index contributed by atoms with van der Waals surface area (Å²) in [4.78, 5) is 0. The molecule has 0 unspecified atom stereocenters. The van der Waals surface area contributed by atoms with E-state index in [2.05, 4.69) is 34.8 Å². The van der Waals surface area contributed by atoms with Gasteiger partial charge in [-0.1, -0.05) is 5.92 Å². The lowest BCUT2D eigenvalue weighted by Gasteiger charge is -1.98. The Labute approximate surface area is 77.8 Å². The quantitative estimate of drug-likeness (QED) is 0.554. The molecule has 1 rings (SSSR count). The van der Waals surface area contributed by atoms with Crippen LogP contribution < -0.4 is 5.32 Å². The third-order valence-corrected chi connectivity index (χ3v) is 2.58. The van der Waals surface area contributed by atoms with Gasteiger partial charge in [0.25, 0.3) is 0 Å². The number of hydrogen-bond donors (Lipinski definition) is 1. The zero-order chi connectivity index (χ0) is 8.81. The smallest absolute Gasteiger partial charge is 0.0579 e. The molecule has 0 aromatic carbocycles. The van der Waals surface area contributed by atoms with Crippen molar-refractivity contribution < 1.29 is 0 Å². The van der Waals surface area contributed by atoms with Crippen molar-refractivity contribution in [1.29, 1.82) is 0 Å². The standard InChI is InChI=1S/C10H13NS/c1-3-4-5-11-6-10-8-12-7-9(10)2/h7-8,11H,5-6H2,1-2H3. The van der Waals surface area contributed by atoms with Crippen LogP contribution in [-0.4, -0.2) is 6.54 Å². The lowest BCUT2D eigenvalue weighted by atomic mass is 10.2. The fraction of sp³-hybridized carbons (Fsp3) is 0.400. The maximum Gasteiger partial charge on any atom is 0.0579 e. The van der Waals surface area contributed by atoms with Crippen LogP contribution in [0.2, 0.25) is 0 Å². The monoisotopic (exact) mass is 179 g/mol. The first-order valence-electron chi connectivity index (χ1n) is 3.96. The number of hydrogen-bond acceptors (Lipinski definition) is 2. The minimum absolute atomic E-state index is 0.784. The van der Waals surface area contributed by atoms with Gasteiger partial charge in [0.1, 0.15) is 0 Å². The normalized spacial score (nSPS) is 9.17. The molecule has 0 aliphatic heterocycles. The van der Waals surface area contributed by atoms with Crippen molar-refractivity contribution in [2.45, 2.75) is 20.4 Å². The topological polar surface area (TPSA) is 12.0 Å². The van der Waals surface area contributed by atoms with Gasteiger partial charge in [-0.25, -0.2) is 0 Å². The van der Waals surface area contributed by atoms with Crippen LogP contribution in [0.25, 0.3) is 0 Å². The largest absolute Gasteiger partial charge is 0.302 e. The van der Waals surface area contributed by atoms with Gasteiger partial charge >= 0.3 is 0 Å². The second kappa shape index (κ2) is 4.97. The molecule has 1 aromatic heterocycles. The summed E-state index contributed by atoms with van der Waals surface area (Å²) in [5.41, 5.74) is 2.76. The summed E-state index contributed by atoms with van der Waals surface area (Å²) in [6.45, 7) is 5.71. The number of aryl methyl sites for hydroxylation is 1. The fourth-order valence-electron chi connectivity index (χ4n) is 0.916. The minimum atomic E-state index is 0.784. The zero-order valence-electron chi connectivity index (χ0n) is 7.48. The molecule has 1 heterocycles. The van der Waals surface area contributed by atoms with Crippen LogP contribution in [0, 0.1) is 18.8 Å². The Morgan fingerprint density at radius 1 is 1.50 bits per heavy atom. The maximum atomic E-state index is 3.26. The lowest BCUT2D eigenvalue weighted by Crippen LogP contribution is -2.13. The van der Waals surface area contributed by atoms with Gasteiger partial charge in [0.15, 0.2) is 0 Å². The molecule has 1 N–H and O–H groups in total. The van der Waals surface area contributed by atoms with Gasteiger partial charge in [0, 0.05) is 6.54 Å². The Kier molecular flexibility index (Phi) is 3.86. The van der Waals surface area contributed by atoms with E-state index in [4.69, 9.17) is 0 Å². The molecular formula is C10H13NS. The molecular weight excluding hydrogens is 166 g/mol. The highest BCUT2D eigenvalue weighted by molar-refractivity contribution is 7.08. The molecule has 0 saturated heterocycles. The summed E-state index contributed by atoms with van der Waals surface area (Å²) in [7, 11) is 0. The average Bonchev–Trinajstić information content (AvgIpc) is 2.46. The lowest BCUT2D eigenvalue weighted by molar-refractivity contribution is 0.768. The summed E-state index contributed by atoms with van der Waals surface area (Å²) < 4.78 is 0. The molecule has 0 saturated carbocycles. The van der Waals surface area contributed by atoms with Crippen molar-refractivity contribution in [2.24, 2.45) is 0 Å². The Hall–Kier alpha value is -0.780. The molecule has 1 aromatic rings. The zero-order valence-corrected chi connectivity index (χ0v) is 8.29. The van der Waals surface area contributed by atoms with Gasteiger partial charge < -0.3 is 5.32 Å². The van der Waals surface area contributed by atoms with Crippen molar-refractivity contribution in [3.8, 4) is 11.8 Å². The molecule has 64 valence electrons. The first-order valence-corrected chi connectivity index (χ1v) is 4.91. The predicted molar refractivity (Wildman–Crippen MR) is 54.2 cm³/mol. The van der Waals surface area contributed by atoms with Gasteiger partial charge in [-0.3, -0.25) is 0 Å². The summed E-state index contributed by atoms with van der Waals surface area (Å²) in [5, 5.41) is 7.61. The highest BCUT2D eigenvalue weighted by atomic mass is 32.1. The molecule has 0 spiro atoms. The summed E-state index contributed by atoms with van der Waals surface area (Å²) in [6.07, 6.45) is 0. The van der Waals surface area contributed by atoms with Crippen LogP contribution in [-0.2, 0) is 6.54 Å². The van der Waals surface area contributed by atoms with Gasteiger partial charge in [-0.05, 0) is 35.7 Å². The Balaban J connectivity index is 2.32. The van der Waals surface area contributed by atoms with Crippen molar-refractivity contribution in [3.63, 3.8) is 0 Å². The van der Waals surface area contributed by atoms with Crippen LogP contribution in [0.4, 0.5) is 0 Å². The van der Waals surface area contributed by atoms with Crippen LogP contribution in [0.3, 0.4) is 0 Å². The van der Waals surface area contributed by atoms with E-state index in [0.717, 1.165) is 13.1 Å². The van der Waals surface area contributed by atoms with Gasteiger partial charge in [-0.15, -0.1) is 5.92 Å². The molecule has 0 aliphatic carbocycles. The molecule has 0 radical (unpaired) electrons. The van der Waals surface area contributed by atoms with Crippen LogP contribution in [0.1, 0.15) is 18.1 Å². The van der Waals surface area contributed by atoms with E-state index in [1.807, 2.05) is 6.92 Å². The maximum absolute atomic E-state index is 3.26. The Morgan fingerprint density at radius 3 is 2.92 bits per heavy atom. The SMILES string of the molecule is CC#CCNCc1cscc1C. The first-order chi connectivity index (χ1) is 5.84. The minimum Gasteiger partial charge on any atom is -0.302 e. The van der Waals surface area contributed by atoms with Crippen molar-refractivity contribution in [3.05, 3.63) is 21.9 Å². The summed E-state index contributed by atoms with van der Waals surface area (Å²) in [5.74, 6) is 5.82. The molecule has 0 atom stereocenters. The van der Waals surface area contributed by atoms with E-state index < -0.39 is 0 Å². The second-order valence-corrected chi connectivity index (χ2v) is 3.35. The average molecular weight is 179 g/mol. The second-order valence-electron chi connectivity index (χ2n) is 2.61. The third kappa shape index (κ3) is 2.69. The predicted octanol–water partition coefficient (Wildman–Crippen LogP) is 2.17. The van der Waals surface area contributed by atoms with E-state index in [1.165, 1.54) is 11.1 Å². The molecule has 0 fully saturated rings. The van der Waals surface area contributed by atoms with E-state index in [-0.39, 0.29) is 0 Å². The van der Waals surface area contributed by atoms with E-state index in [1.54, 1.807) is 11.3 Å². The number of rotatable bonds is 3. The fourth-order valence-corrected chi connectivity index (χ4v) is 1.77. The van der Waals surface area contributed by atoms with Crippen molar-refractivity contribution >= 4 is 11.3 Å². The van der Waals surface area contributed by atoms with E-state index in [0.29, 0.717) is 0 Å². The Bertz CT molecular complexity index is 290. The molecule has 12 heavy (non-hydrogen) atoms. The molecule has 0 amide bonds. The van der Waals surface area contributed by atoms with E-state index in [9.17, 15) is 0 Å². The van der Waals surface area contributed by atoms with Crippen molar-refractivity contribution in [2.75, 3.05) is 6.54 Å². The highest BCUT2D eigenvalue weighted by Crippen LogP contribution is 2.12. The summed E-state index contributed by atoms with van der Waals surface area (Å²) in [6, 6.07) is 0. The Morgan fingerprint density at radius 2 is 2.33 bits per heavy atom. The molecule has 1 nitrogen and oxygen atoms in total. The molecule has 2 heteroatoms. The van der Waals surface area contributed by atoms with Crippen LogP contribution in [0.15, 0.2) is 10.8 Å². The highest BCUT2D eigenvalue weighted by Gasteiger charge is 1.96. The van der Waals surface area contributed by atoms with Gasteiger partial charge in [0.2, 0.25) is 0 Å². The number of nitrogens with one attached hydrogen (secondary N) is 1. The van der Waals surface area contributed by atoms with Crippen LogP contribution >= 0.6 is 11.3 Å². The van der Waals surface area contributed by atoms with Crippen molar-refractivity contribution in [1.82, 2.24) is 5.32 Å². The van der Waals surface area contributed by atoms with E-state index >= 15 is 0 Å². The third-order valence-electron chi connectivity index (χ3n) is 1.67. The van der Waals surface area contributed by atoms with Gasteiger partial charge in [0.05, 0.1) is 6.54 Å². The molecule has 0 bridgehead atoms.